The predicted octanol–water partition coefficient (Wildman–Crippen LogP) is 1.11. The van der Waals surface area contributed by atoms with E-state index in [4.69, 9.17) is 11.6 Å². The van der Waals surface area contributed by atoms with Crippen LogP contribution in [-0.2, 0) is 0 Å². The van der Waals surface area contributed by atoms with Gasteiger partial charge in [-0.1, -0.05) is 27.5 Å². The van der Waals surface area contributed by atoms with Crippen LogP contribution in [0.4, 0.5) is 0 Å². The van der Waals surface area contributed by atoms with E-state index in [0.29, 0.717) is 10.8 Å². The Morgan fingerprint density at radius 2 is 2.29 bits per heavy atom. The molecule has 0 aromatic carbocycles. The maximum Gasteiger partial charge on any atom is 0.139 e. The highest BCUT2D eigenvalue weighted by atomic mass is 79.9. The number of pyridine rings is 1. The van der Waals surface area contributed by atoms with Crippen LogP contribution in [0.25, 0.3) is 5.65 Å². The molecule has 2 aromatic rings. The van der Waals surface area contributed by atoms with Crippen LogP contribution < -0.4 is 5.11 Å². The molecule has 0 unspecified atom stereocenters. The van der Waals surface area contributed by atoms with E-state index in [1.807, 2.05) is 0 Å². The van der Waals surface area contributed by atoms with Gasteiger partial charge in [0.05, 0.1) is 5.97 Å². The molecule has 0 amide bonds. The normalized spacial score (nSPS) is 10.7. The number of rotatable bonds is 1. The maximum absolute atomic E-state index is 10.5. The Balaban J connectivity index is 2.76. The molecule has 0 aliphatic carbocycles. The van der Waals surface area contributed by atoms with Gasteiger partial charge in [-0.15, -0.1) is 0 Å². The third-order valence-electron chi connectivity index (χ3n) is 1.70. The van der Waals surface area contributed by atoms with E-state index in [1.54, 1.807) is 12.1 Å². The lowest BCUT2D eigenvalue weighted by atomic mass is 10.5. The number of carboxylic acids is 1. The van der Waals surface area contributed by atoms with Gasteiger partial charge >= 0.3 is 0 Å². The summed E-state index contributed by atoms with van der Waals surface area (Å²) < 4.78 is 2.21. The molecule has 2 aromatic heterocycles. The van der Waals surface area contributed by atoms with Crippen LogP contribution in [0.15, 0.2) is 22.8 Å². The number of halogens is 2. The second kappa shape index (κ2) is 3.25. The third kappa shape index (κ3) is 1.49. The number of carboxylic acid groups (broad SMARTS) is 1. The number of fused-ring (bicyclic) bond motifs is 1. The highest BCUT2D eigenvalue weighted by molar-refractivity contribution is 9.10. The molecular formula is C8H3BrClN2O2-. The van der Waals surface area contributed by atoms with Crippen molar-refractivity contribution in [2.75, 3.05) is 0 Å². The van der Waals surface area contributed by atoms with Crippen molar-refractivity contribution in [1.82, 2.24) is 9.38 Å². The summed E-state index contributed by atoms with van der Waals surface area (Å²) >= 11 is 9.09. The number of aromatic carboxylic acids is 1. The van der Waals surface area contributed by atoms with Crippen molar-refractivity contribution < 1.29 is 9.90 Å². The Morgan fingerprint density at radius 3 is 2.93 bits per heavy atom. The summed E-state index contributed by atoms with van der Waals surface area (Å²) in [5, 5.41) is 10.9. The van der Waals surface area contributed by atoms with Gasteiger partial charge in [0.25, 0.3) is 0 Å². The Labute approximate surface area is 92.3 Å². The first-order valence-electron chi connectivity index (χ1n) is 3.63. The molecule has 0 N–H and O–H groups in total. The zero-order chi connectivity index (χ0) is 10.3. The van der Waals surface area contributed by atoms with Crippen molar-refractivity contribution in [2.45, 2.75) is 0 Å². The number of aromatic nitrogens is 2. The van der Waals surface area contributed by atoms with Crippen molar-refractivity contribution in [2.24, 2.45) is 0 Å². The summed E-state index contributed by atoms with van der Waals surface area (Å²) in [5.74, 6) is -1.32. The molecular weight excluding hydrogens is 271 g/mol. The smallest absolute Gasteiger partial charge is 0.139 e. The monoisotopic (exact) mass is 273 g/mol. The quantitative estimate of drug-likeness (QED) is 0.732. The van der Waals surface area contributed by atoms with Crippen LogP contribution in [0.3, 0.4) is 0 Å². The van der Waals surface area contributed by atoms with Gasteiger partial charge in [-0.3, -0.25) is 4.40 Å². The van der Waals surface area contributed by atoms with Gasteiger partial charge in [0, 0.05) is 10.7 Å². The Hall–Kier alpha value is -1.07. The topological polar surface area (TPSA) is 57.4 Å². The fraction of sp³-hybridized carbons (Fsp3) is 0. The van der Waals surface area contributed by atoms with Gasteiger partial charge in [0.1, 0.15) is 16.5 Å². The predicted molar refractivity (Wildman–Crippen MR) is 52.2 cm³/mol. The lowest BCUT2D eigenvalue weighted by molar-refractivity contribution is -0.255. The molecule has 0 atom stereocenters. The van der Waals surface area contributed by atoms with Gasteiger partial charge in [-0.2, -0.15) is 0 Å². The van der Waals surface area contributed by atoms with E-state index in [1.165, 1.54) is 10.6 Å². The van der Waals surface area contributed by atoms with Gasteiger partial charge in [-0.05, 0) is 12.1 Å². The lowest BCUT2D eigenvalue weighted by Gasteiger charge is -1.96. The van der Waals surface area contributed by atoms with E-state index >= 15 is 0 Å². The summed E-state index contributed by atoms with van der Waals surface area (Å²) in [5.41, 5.74) is 0.327. The van der Waals surface area contributed by atoms with Crippen LogP contribution in [-0.4, -0.2) is 15.4 Å². The van der Waals surface area contributed by atoms with Gasteiger partial charge in [0.15, 0.2) is 0 Å². The first-order chi connectivity index (χ1) is 6.58. The molecule has 14 heavy (non-hydrogen) atoms. The van der Waals surface area contributed by atoms with Gasteiger partial charge < -0.3 is 9.90 Å². The Bertz CT molecular complexity index is 523. The number of carbonyl (C=O) groups excluding carboxylic acids is 1. The second-order valence-electron chi connectivity index (χ2n) is 2.64. The van der Waals surface area contributed by atoms with Gasteiger partial charge in [0.2, 0.25) is 0 Å². The standard InChI is InChI=1S/C8H4BrClN2O2/c9-4-1-6(10)12-3-5(8(13)14)11-7(12)2-4/h1-3H,(H,13,14)/p-1. The van der Waals surface area contributed by atoms with Crippen molar-refractivity contribution in [3.63, 3.8) is 0 Å². The molecule has 0 saturated heterocycles. The molecule has 2 heterocycles. The SMILES string of the molecule is O=C([O-])c1cn2c(Cl)cc(Br)cc2n1. The second-order valence-corrected chi connectivity index (χ2v) is 3.94. The van der Waals surface area contributed by atoms with Gasteiger partial charge in [-0.25, -0.2) is 4.98 Å². The van der Waals surface area contributed by atoms with E-state index < -0.39 is 5.97 Å². The van der Waals surface area contributed by atoms with Crippen molar-refractivity contribution >= 4 is 39.1 Å². The van der Waals surface area contributed by atoms with E-state index in [-0.39, 0.29) is 5.69 Å². The van der Waals surface area contributed by atoms with E-state index in [0.717, 1.165) is 4.47 Å². The Kier molecular flexibility index (Phi) is 2.20. The first kappa shape index (κ1) is 9.48. The van der Waals surface area contributed by atoms with E-state index in [9.17, 15) is 9.90 Å². The number of nitrogens with zero attached hydrogens (tertiary/aromatic N) is 2. The molecule has 0 aliphatic heterocycles. The molecule has 0 spiro atoms. The number of hydrogen-bond donors (Lipinski definition) is 0. The molecule has 4 nitrogen and oxygen atoms in total. The highest BCUT2D eigenvalue weighted by Crippen LogP contribution is 2.20. The van der Waals surface area contributed by atoms with Crippen molar-refractivity contribution in [1.29, 1.82) is 0 Å². The van der Waals surface area contributed by atoms with Crippen LogP contribution in [0.1, 0.15) is 10.5 Å². The maximum atomic E-state index is 10.5. The molecule has 0 aliphatic rings. The summed E-state index contributed by atoms with van der Waals surface area (Å²) in [6.45, 7) is 0. The van der Waals surface area contributed by atoms with Crippen LogP contribution in [0, 0.1) is 0 Å². The summed E-state index contributed by atoms with van der Waals surface area (Å²) in [4.78, 5) is 14.3. The summed E-state index contributed by atoms with van der Waals surface area (Å²) in [6.07, 6.45) is 1.32. The average Bonchev–Trinajstić information content (AvgIpc) is 2.47. The molecule has 0 radical (unpaired) electrons. The Morgan fingerprint density at radius 1 is 1.57 bits per heavy atom. The van der Waals surface area contributed by atoms with Crippen molar-refractivity contribution in [3.8, 4) is 0 Å². The minimum atomic E-state index is -1.32. The third-order valence-corrected chi connectivity index (χ3v) is 2.45. The zero-order valence-electron chi connectivity index (χ0n) is 6.70. The highest BCUT2D eigenvalue weighted by Gasteiger charge is 2.05. The lowest BCUT2D eigenvalue weighted by Crippen LogP contribution is -2.22. The number of carbonyl (C=O) groups is 1. The molecule has 0 saturated carbocycles. The molecule has 2 rings (SSSR count). The minimum absolute atomic E-state index is 0.134. The van der Waals surface area contributed by atoms with Crippen LogP contribution in [0.5, 0.6) is 0 Å². The number of hydrogen-bond acceptors (Lipinski definition) is 3. The zero-order valence-corrected chi connectivity index (χ0v) is 9.04. The first-order valence-corrected chi connectivity index (χ1v) is 4.80. The van der Waals surface area contributed by atoms with Crippen LogP contribution in [0.2, 0.25) is 5.15 Å². The summed E-state index contributed by atoms with van der Waals surface area (Å²) in [7, 11) is 0. The molecule has 6 heteroatoms. The minimum Gasteiger partial charge on any atom is -0.543 e. The molecule has 0 bridgehead atoms. The largest absolute Gasteiger partial charge is 0.543 e. The fourth-order valence-corrected chi connectivity index (χ4v) is 1.92. The number of imidazole rings is 1. The summed E-state index contributed by atoms with van der Waals surface area (Å²) in [6, 6.07) is 3.31. The molecule has 72 valence electrons. The van der Waals surface area contributed by atoms with Crippen LogP contribution >= 0.6 is 27.5 Å². The van der Waals surface area contributed by atoms with E-state index in [2.05, 4.69) is 20.9 Å². The fourth-order valence-electron chi connectivity index (χ4n) is 1.11. The van der Waals surface area contributed by atoms with Crippen molar-refractivity contribution in [3.05, 3.63) is 33.6 Å². The average molecular weight is 274 g/mol. The molecule has 0 fully saturated rings.